The van der Waals surface area contributed by atoms with Crippen LogP contribution in [0.2, 0.25) is 0 Å². The van der Waals surface area contributed by atoms with E-state index < -0.39 is 0 Å². The van der Waals surface area contributed by atoms with Crippen LogP contribution in [0.3, 0.4) is 0 Å². The van der Waals surface area contributed by atoms with Gasteiger partial charge in [-0.05, 0) is 42.9 Å². The fourth-order valence-corrected chi connectivity index (χ4v) is 1.64. The summed E-state index contributed by atoms with van der Waals surface area (Å²) in [5.74, 6) is 5.59. The molecule has 0 aliphatic carbocycles. The number of nitrogens with two attached hydrogens (primary N) is 1. The Labute approximate surface area is 98.4 Å². The molecule has 1 rings (SSSR count). The van der Waals surface area contributed by atoms with Gasteiger partial charge in [0.2, 0.25) is 0 Å². The summed E-state index contributed by atoms with van der Waals surface area (Å²) in [4.78, 5) is 4.37. The summed E-state index contributed by atoms with van der Waals surface area (Å²) in [5, 5.41) is 0. The molecule has 1 heterocycles. The normalized spacial score (nSPS) is 13.8. The van der Waals surface area contributed by atoms with Crippen molar-refractivity contribution in [3.05, 3.63) is 29.6 Å². The second kappa shape index (κ2) is 5.41. The Morgan fingerprint density at radius 2 is 2.12 bits per heavy atom. The van der Waals surface area contributed by atoms with Gasteiger partial charge in [0.05, 0.1) is 11.7 Å². The molecule has 0 aliphatic rings. The van der Waals surface area contributed by atoms with Gasteiger partial charge < -0.3 is 0 Å². The molecule has 3 heteroatoms. The highest BCUT2D eigenvalue weighted by molar-refractivity contribution is 5.17. The Hall–Kier alpha value is -0.930. The Bertz CT molecular complexity index is 328. The average Bonchev–Trinajstić information content (AvgIpc) is 2.17. The van der Waals surface area contributed by atoms with E-state index in [1.54, 1.807) is 0 Å². The summed E-state index contributed by atoms with van der Waals surface area (Å²) in [5.41, 5.74) is 5.45. The number of rotatable bonds is 4. The van der Waals surface area contributed by atoms with E-state index in [9.17, 15) is 0 Å². The number of hydrogen-bond acceptors (Lipinski definition) is 3. The summed E-state index contributed by atoms with van der Waals surface area (Å²) >= 11 is 0. The quantitative estimate of drug-likeness (QED) is 0.607. The zero-order valence-corrected chi connectivity index (χ0v) is 10.7. The van der Waals surface area contributed by atoms with Crippen LogP contribution >= 0.6 is 0 Å². The summed E-state index contributed by atoms with van der Waals surface area (Å²) in [6.45, 7) is 8.79. The monoisotopic (exact) mass is 221 g/mol. The molecule has 0 spiro atoms. The van der Waals surface area contributed by atoms with E-state index in [1.807, 2.05) is 12.3 Å². The first-order valence-electron chi connectivity index (χ1n) is 5.81. The van der Waals surface area contributed by atoms with Gasteiger partial charge in [0, 0.05) is 6.20 Å². The molecule has 3 N–H and O–H groups in total. The van der Waals surface area contributed by atoms with Crippen molar-refractivity contribution in [1.82, 2.24) is 10.4 Å². The summed E-state index contributed by atoms with van der Waals surface area (Å²) in [7, 11) is 0. The van der Waals surface area contributed by atoms with Crippen molar-refractivity contribution >= 4 is 0 Å². The van der Waals surface area contributed by atoms with E-state index in [0.717, 1.165) is 18.5 Å². The van der Waals surface area contributed by atoms with Crippen molar-refractivity contribution in [3.8, 4) is 0 Å². The molecule has 1 unspecified atom stereocenters. The number of hydrogen-bond donors (Lipinski definition) is 2. The number of aromatic nitrogens is 1. The van der Waals surface area contributed by atoms with Gasteiger partial charge >= 0.3 is 0 Å². The smallest absolute Gasteiger partial charge is 0.0632 e. The number of nitrogens with one attached hydrogen (secondary N) is 1. The van der Waals surface area contributed by atoms with Crippen LogP contribution in [0.15, 0.2) is 18.3 Å². The first kappa shape index (κ1) is 13.1. The molecule has 0 bridgehead atoms. The summed E-state index contributed by atoms with van der Waals surface area (Å²) in [6, 6.07) is 4.24. The van der Waals surface area contributed by atoms with Gasteiger partial charge in [0.1, 0.15) is 0 Å². The molecule has 0 saturated heterocycles. The van der Waals surface area contributed by atoms with E-state index in [0.29, 0.717) is 5.41 Å². The molecular formula is C13H23N3. The fraction of sp³-hybridized carbons (Fsp3) is 0.615. The van der Waals surface area contributed by atoms with Crippen LogP contribution in [0.5, 0.6) is 0 Å². The Morgan fingerprint density at radius 3 is 2.62 bits per heavy atom. The molecule has 16 heavy (non-hydrogen) atoms. The third kappa shape index (κ3) is 4.29. The molecule has 1 aromatic heterocycles. The Kier molecular flexibility index (Phi) is 4.44. The van der Waals surface area contributed by atoms with Gasteiger partial charge in [-0.25, -0.2) is 0 Å². The zero-order chi connectivity index (χ0) is 12.2. The van der Waals surface area contributed by atoms with Crippen molar-refractivity contribution in [3.63, 3.8) is 0 Å². The predicted octanol–water partition coefficient (Wildman–Crippen LogP) is 2.72. The zero-order valence-electron chi connectivity index (χ0n) is 10.7. The third-order valence-electron chi connectivity index (χ3n) is 2.68. The minimum Gasteiger partial charge on any atom is -0.271 e. The topological polar surface area (TPSA) is 50.9 Å². The van der Waals surface area contributed by atoms with Crippen molar-refractivity contribution < 1.29 is 0 Å². The van der Waals surface area contributed by atoms with Crippen LogP contribution in [0.1, 0.15) is 50.9 Å². The third-order valence-corrected chi connectivity index (χ3v) is 2.68. The maximum absolute atomic E-state index is 5.59. The number of pyridine rings is 1. The van der Waals surface area contributed by atoms with E-state index in [4.69, 9.17) is 5.84 Å². The van der Waals surface area contributed by atoms with E-state index in [1.165, 1.54) is 5.56 Å². The van der Waals surface area contributed by atoms with E-state index >= 15 is 0 Å². The second-order valence-corrected chi connectivity index (χ2v) is 5.58. The number of aryl methyl sites for hydroxylation is 1. The number of nitrogens with zero attached hydrogens (tertiary/aromatic N) is 1. The SMILES string of the molecule is Cc1ccnc(C(CCC(C)(C)C)NN)c1. The number of hydrazine groups is 1. The van der Waals surface area contributed by atoms with Crippen LogP contribution in [0, 0.1) is 12.3 Å². The average molecular weight is 221 g/mol. The van der Waals surface area contributed by atoms with Crippen LogP contribution in [-0.4, -0.2) is 4.98 Å². The van der Waals surface area contributed by atoms with Gasteiger partial charge in [-0.3, -0.25) is 16.3 Å². The van der Waals surface area contributed by atoms with Crippen molar-refractivity contribution in [1.29, 1.82) is 0 Å². The predicted molar refractivity (Wildman–Crippen MR) is 67.7 cm³/mol. The van der Waals surface area contributed by atoms with E-state index in [2.05, 4.69) is 44.2 Å². The van der Waals surface area contributed by atoms with Gasteiger partial charge in [-0.1, -0.05) is 20.8 Å². The fourth-order valence-electron chi connectivity index (χ4n) is 1.64. The minimum absolute atomic E-state index is 0.152. The highest BCUT2D eigenvalue weighted by Gasteiger charge is 2.16. The Morgan fingerprint density at radius 1 is 1.44 bits per heavy atom. The van der Waals surface area contributed by atoms with Gasteiger partial charge in [0.15, 0.2) is 0 Å². The first-order valence-corrected chi connectivity index (χ1v) is 5.81. The lowest BCUT2D eigenvalue weighted by atomic mass is 9.88. The molecule has 0 aliphatic heterocycles. The van der Waals surface area contributed by atoms with Crippen LogP contribution in [0.25, 0.3) is 0 Å². The molecule has 90 valence electrons. The van der Waals surface area contributed by atoms with Crippen molar-refractivity contribution in [2.45, 2.75) is 46.6 Å². The molecule has 0 fully saturated rings. The summed E-state index contributed by atoms with van der Waals surface area (Å²) < 4.78 is 0. The standard InChI is InChI=1S/C13H23N3/c1-10-6-8-15-12(9-10)11(16-14)5-7-13(2,3)4/h6,8-9,11,16H,5,7,14H2,1-4H3. The van der Waals surface area contributed by atoms with Crippen LogP contribution < -0.4 is 11.3 Å². The molecule has 0 radical (unpaired) electrons. The van der Waals surface area contributed by atoms with Gasteiger partial charge in [-0.2, -0.15) is 0 Å². The minimum atomic E-state index is 0.152. The first-order chi connectivity index (χ1) is 7.42. The van der Waals surface area contributed by atoms with Crippen molar-refractivity contribution in [2.24, 2.45) is 11.3 Å². The van der Waals surface area contributed by atoms with Crippen LogP contribution in [0.4, 0.5) is 0 Å². The highest BCUT2D eigenvalue weighted by atomic mass is 15.2. The lowest BCUT2D eigenvalue weighted by Crippen LogP contribution is -2.29. The van der Waals surface area contributed by atoms with Crippen LogP contribution in [-0.2, 0) is 0 Å². The molecule has 3 nitrogen and oxygen atoms in total. The van der Waals surface area contributed by atoms with Crippen molar-refractivity contribution in [2.75, 3.05) is 0 Å². The highest BCUT2D eigenvalue weighted by Crippen LogP contribution is 2.26. The lowest BCUT2D eigenvalue weighted by Gasteiger charge is -2.22. The molecule has 1 aromatic rings. The molecule has 0 aromatic carbocycles. The lowest BCUT2D eigenvalue weighted by molar-refractivity contribution is 0.331. The molecule has 1 atom stereocenters. The Balaban J connectivity index is 2.68. The second-order valence-electron chi connectivity index (χ2n) is 5.58. The van der Waals surface area contributed by atoms with E-state index in [-0.39, 0.29) is 6.04 Å². The molecular weight excluding hydrogens is 198 g/mol. The molecule has 0 saturated carbocycles. The van der Waals surface area contributed by atoms with Gasteiger partial charge in [0.25, 0.3) is 0 Å². The van der Waals surface area contributed by atoms with Gasteiger partial charge in [-0.15, -0.1) is 0 Å². The maximum Gasteiger partial charge on any atom is 0.0632 e. The summed E-state index contributed by atoms with van der Waals surface area (Å²) in [6.07, 6.45) is 3.97. The largest absolute Gasteiger partial charge is 0.271 e. The molecule has 0 amide bonds. The maximum atomic E-state index is 5.59.